The number of nitrogens with zero attached hydrogens (tertiary/aromatic N) is 2. The van der Waals surface area contributed by atoms with Crippen molar-refractivity contribution in [3.8, 4) is 0 Å². The molecule has 2 aliphatic rings. The van der Waals surface area contributed by atoms with Crippen molar-refractivity contribution in [3.63, 3.8) is 0 Å². The number of amides is 2. The lowest BCUT2D eigenvalue weighted by molar-refractivity contribution is -0.126. The zero-order valence-corrected chi connectivity index (χ0v) is 13.6. The number of aliphatic hydroxyl groups is 1. The number of carbonyl (C=O) groups is 2. The molecule has 2 saturated heterocycles. The summed E-state index contributed by atoms with van der Waals surface area (Å²) in [5.41, 5.74) is 0.603. The van der Waals surface area contributed by atoms with Crippen LogP contribution in [-0.4, -0.2) is 65.6 Å². The van der Waals surface area contributed by atoms with Gasteiger partial charge in [-0.25, -0.2) is 0 Å². The number of rotatable bonds is 4. The normalized spacial score (nSPS) is 27.0. The second-order valence-electron chi connectivity index (χ2n) is 6.56. The van der Waals surface area contributed by atoms with Gasteiger partial charge in [0.2, 0.25) is 5.91 Å². The fourth-order valence-corrected chi connectivity index (χ4v) is 3.36. The zero-order chi connectivity index (χ0) is 16.9. The van der Waals surface area contributed by atoms with Gasteiger partial charge in [0.05, 0.1) is 12.0 Å². The Morgan fingerprint density at radius 3 is 2.83 bits per heavy atom. The first-order valence-corrected chi connectivity index (χ1v) is 8.51. The van der Waals surface area contributed by atoms with Crippen LogP contribution in [-0.2, 0) is 4.79 Å². The SMILES string of the molecule is O=C(NCC1CNCC1O)C1CCCN(C(=O)c2ccncc2)C1. The first-order chi connectivity index (χ1) is 11.6. The molecule has 0 aliphatic carbocycles. The Kier molecular flexibility index (Phi) is 5.42. The van der Waals surface area contributed by atoms with Crippen LogP contribution in [0.1, 0.15) is 23.2 Å². The van der Waals surface area contributed by atoms with Gasteiger partial charge < -0.3 is 20.6 Å². The second kappa shape index (κ2) is 7.72. The van der Waals surface area contributed by atoms with Crippen LogP contribution in [0.15, 0.2) is 24.5 Å². The van der Waals surface area contributed by atoms with E-state index in [0.717, 1.165) is 19.4 Å². The topological polar surface area (TPSA) is 94.6 Å². The summed E-state index contributed by atoms with van der Waals surface area (Å²) in [5, 5.41) is 15.8. The maximum atomic E-state index is 12.5. The molecule has 0 saturated carbocycles. The Morgan fingerprint density at radius 2 is 2.12 bits per heavy atom. The third-order valence-corrected chi connectivity index (χ3v) is 4.85. The van der Waals surface area contributed by atoms with Crippen LogP contribution in [0, 0.1) is 11.8 Å². The number of aliphatic hydroxyl groups excluding tert-OH is 1. The van der Waals surface area contributed by atoms with Crippen LogP contribution in [0.2, 0.25) is 0 Å². The average molecular weight is 332 g/mol. The highest BCUT2D eigenvalue weighted by Crippen LogP contribution is 2.19. The molecule has 2 aliphatic heterocycles. The first kappa shape index (κ1) is 16.9. The monoisotopic (exact) mass is 332 g/mol. The van der Waals surface area contributed by atoms with Crippen molar-refractivity contribution in [2.75, 3.05) is 32.7 Å². The van der Waals surface area contributed by atoms with Crippen LogP contribution < -0.4 is 10.6 Å². The van der Waals surface area contributed by atoms with Gasteiger partial charge >= 0.3 is 0 Å². The van der Waals surface area contributed by atoms with Gasteiger partial charge in [-0.1, -0.05) is 0 Å². The van der Waals surface area contributed by atoms with E-state index in [1.807, 2.05) is 0 Å². The molecular weight excluding hydrogens is 308 g/mol. The molecular formula is C17H24N4O3. The summed E-state index contributed by atoms with van der Waals surface area (Å²) >= 11 is 0. The first-order valence-electron chi connectivity index (χ1n) is 8.51. The number of piperidine rings is 1. The van der Waals surface area contributed by atoms with Crippen molar-refractivity contribution in [2.45, 2.75) is 18.9 Å². The van der Waals surface area contributed by atoms with E-state index in [-0.39, 0.29) is 23.7 Å². The number of β-amino-alcohol motifs (C(OH)–C–C–N with tert-alkyl or cyclic N) is 1. The summed E-state index contributed by atoms with van der Waals surface area (Å²) in [5.74, 6) is -0.199. The van der Waals surface area contributed by atoms with Crippen molar-refractivity contribution in [3.05, 3.63) is 30.1 Å². The minimum Gasteiger partial charge on any atom is -0.391 e. The number of hydrogen-bond acceptors (Lipinski definition) is 5. The molecule has 0 bridgehead atoms. The minimum absolute atomic E-state index is 0.0265. The van der Waals surface area contributed by atoms with E-state index in [9.17, 15) is 14.7 Å². The van der Waals surface area contributed by atoms with Crippen molar-refractivity contribution in [2.24, 2.45) is 11.8 Å². The number of hydrogen-bond donors (Lipinski definition) is 3. The smallest absolute Gasteiger partial charge is 0.253 e. The van der Waals surface area contributed by atoms with Crippen LogP contribution in [0.25, 0.3) is 0 Å². The maximum absolute atomic E-state index is 12.5. The second-order valence-corrected chi connectivity index (χ2v) is 6.56. The molecule has 1 aromatic heterocycles. The zero-order valence-electron chi connectivity index (χ0n) is 13.6. The van der Waals surface area contributed by atoms with Crippen LogP contribution in [0.5, 0.6) is 0 Å². The average Bonchev–Trinajstić information content (AvgIpc) is 3.05. The van der Waals surface area contributed by atoms with Crippen LogP contribution in [0.4, 0.5) is 0 Å². The number of aromatic nitrogens is 1. The molecule has 3 N–H and O–H groups in total. The van der Waals surface area contributed by atoms with Gasteiger partial charge in [0, 0.05) is 56.6 Å². The number of nitrogens with one attached hydrogen (secondary N) is 2. The molecule has 0 spiro atoms. The minimum atomic E-state index is -0.401. The van der Waals surface area contributed by atoms with Crippen molar-refractivity contribution < 1.29 is 14.7 Å². The van der Waals surface area contributed by atoms with Gasteiger partial charge in [0.25, 0.3) is 5.91 Å². The highest BCUT2D eigenvalue weighted by molar-refractivity contribution is 5.94. The molecule has 2 amide bonds. The highest BCUT2D eigenvalue weighted by atomic mass is 16.3. The Balaban J connectivity index is 1.53. The van der Waals surface area contributed by atoms with Gasteiger partial charge in [-0.2, -0.15) is 0 Å². The van der Waals surface area contributed by atoms with Gasteiger partial charge in [-0.05, 0) is 25.0 Å². The van der Waals surface area contributed by atoms with E-state index >= 15 is 0 Å². The van der Waals surface area contributed by atoms with E-state index in [1.165, 1.54) is 0 Å². The highest BCUT2D eigenvalue weighted by Gasteiger charge is 2.30. The molecule has 130 valence electrons. The molecule has 3 rings (SSSR count). The molecule has 0 radical (unpaired) electrons. The van der Waals surface area contributed by atoms with Crippen LogP contribution in [0.3, 0.4) is 0 Å². The van der Waals surface area contributed by atoms with E-state index in [0.29, 0.717) is 31.7 Å². The molecule has 3 heterocycles. The van der Waals surface area contributed by atoms with Crippen molar-refractivity contribution in [1.82, 2.24) is 20.5 Å². The molecule has 2 fully saturated rings. The lowest BCUT2D eigenvalue weighted by Crippen LogP contribution is -2.46. The number of carbonyl (C=O) groups excluding carboxylic acids is 2. The van der Waals surface area contributed by atoms with Gasteiger partial charge in [0.1, 0.15) is 0 Å². The lowest BCUT2D eigenvalue weighted by Gasteiger charge is -2.32. The van der Waals surface area contributed by atoms with E-state index in [2.05, 4.69) is 15.6 Å². The molecule has 3 unspecified atom stereocenters. The molecule has 7 nitrogen and oxygen atoms in total. The fraction of sp³-hybridized carbons (Fsp3) is 0.588. The molecule has 7 heteroatoms. The number of pyridine rings is 1. The quantitative estimate of drug-likeness (QED) is 0.699. The van der Waals surface area contributed by atoms with Crippen molar-refractivity contribution >= 4 is 11.8 Å². The Labute approximate surface area is 141 Å². The summed E-state index contributed by atoms with van der Waals surface area (Å²) in [6, 6.07) is 3.39. The van der Waals surface area contributed by atoms with E-state index in [4.69, 9.17) is 0 Å². The fourth-order valence-electron chi connectivity index (χ4n) is 3.36. The summed E-state index contributed by atoms with van der Waals surface area (Å²) in [6.07, 6.45) is 4.41. The summed E-state index contributed by atoms with van der Waals surface area (Å²) in [4.78, 5) is 30.6. The number of likely N-dealkylation sites (tertiary alicyclic amines) is 1. The predicted molar refractivity (Wildman–Crippen MR) is 88.2 cm³/mol. The predicted octanol–water partition coefficient (Wildman–Crippen LogP) is -0.370. The Morgan fingerprint density at radius 1 is 1.33 bits per heavy atom. The van der Waals surface area contributed by atoms with Crippen molar-refractivity contribution in [1.29, 1.82) is 0 Å². The largest absolute Gasteiger partial charge is 0.391 e. The van der Waals surface area contributed by atoms with E-state index in [1.54, 1.807) is 29.4 Å². The molecule has 3 atom stereocenters. The molecule has 0 aromatic carbocycles. The lowest BCUT2D eigenvalue weighted by atomic mass is 9.96. The Bertz CT molecular complexity index is 580. The summed E-state index contributed by atoms with van der Waals surface area (Å²) in [6.45, 7) is 2.90. The summed E-state index contributed by atoms with van der Waals surface area (Å²) in [7, 11) is 0. The van der Waals surface area contributed by atoms with Gasteiger partial charge in [-0.15, -0.1) is 0 Å². The third-order valence-electron chi connectivity index (χ3n) is 4.85. The molecule has 24 heavy (non-hydrogen) atoms. The van der Waals surface area contributed by atoms with Crippen LogP contribution >= 0.6 is 0 Å². The van der Waals surface area contributed by atoms with Gasteiger partial charge in [0.15, 0.2) is 0 Å². The van der Waals surface area contributed by atoms with Gasteiger partial charge in [-0.3, -0.25) is 14.6 Å². The third kappa shape index (κ3) is 3.91. The molecule has 1 aromatic rings. The standard InChI is InChI=1S/C17H24N4O3/c22-15-10-19-8-14(15)9-20-16(23)13-2-1-7-21(11-13)17(24)12-3-5-18-6-4-12/h3-6,13-15,19,22H,1-2,7-11H2,(H,20,23). The summed E-state index contributed by atoms with van der Waals surface area (Å²) < 4.78 is 0. The Hall–Kier alpha value is -1.99. The van der Waals surface area contributed by atoms with E-state index < -0.39 is 6.10 Å². The maximum Gasteiger partial charge on any atom is 0.253 e.